The molecular weight excluding hydrogens is 258 g/mol. The van der Waals surface area contributed by atoms with Crippen LogP contribution in [0.15, 0.2) is 0 Å². The summed E-state index contributed by atoms with van der Waals surface area (Å²) in [4.78, 5) is 23.1. The normalized spacial score (nSPS) is 18.6. The van der Waals surface area contributed by atoms with Crippen LogP contribution < -0.4 is 5.32 Å². The molecule has 116 valence electrons. The molecule has 1 saturated carbocycles. The molecule has 0 bridgehead atoms. The fourth-order valence-electron chi connectivity index (χ4n) is 2.84. The number of aliphatic hydroxyl groups excluding tert-OH is 1. The zero-order valence-corrected chi connectivity index (χ0v) is 12.6. The van der Waals surface area contributed by atoms with Crippen molar-refractivity contribution >= 4 is 11.9 Å². The van der Waals surface area contributed by atoms with Crippen molar-refractivity contribution in [3.63, 3.8) is 0 Å². The molecule has 0 saturated heterocycles. The van der Waals surface area contributed by atoms with E-state index >= 15 is 0 Å². The van der Waals surface area contributed by atoms with Crippen molar-refractivity contribution in [3.05, 3.63) is 0 Å². The van der Waals surface area contributed by atoms with Crippen LogP contribution in [0.2, 0.25) is 0 Å². The molecule has 0 aromatic carbocycles. The third-order valence-corrected chi connectivity index (χ3v) is 4.17. The van der Waals surface area contributed by atoms with Gasteiger partial charge in [-0.1, -0.05) is 33.1 Å². The molecule has 0 heterocycles. The maximum Gasteiger partial charge on any atom is 0.303 e. The second-order valence-corrected chi connectivity index (χ2v) is 6.91. The molecule has 20 heavy (non-hydrogen) atoms. The van der Waals surface area contributed by atoms with Crippen LogP contribution in [0.5, 0.6) is 0 Å². The summed E-state index contributed by atoms with van der Waals surface area (Å²) in [7, 11) is 0. The zero-order chi connectivity index (χ0) is 15.2. The average Bonchev–Trinajstić information content (AvgIpc) is 2.36. The van der Waals surface area contributed by atoms with Crippen molar-refractivity contribution in [3.8, 4) is 0 Å². The van der Waals surface area contributed by atoms with E-state index in [-0.39, 0.29) is 36.2 Å². The van der Waals surface area contributed by atoms with Crippen molar-refractivity contribution in [2.75, 3.05) is 13.2 Å². The van der Waals surface area contributed by atoms with E-state index in [0.717, 1.165) is 32.1 Å². The number of nitrogens with one attached hydrogen (secondary N) is 1. The molecular formula is C15H27NO4. The fourth-order valence-corrected chi connectivity index (χ4v) is 2.84. The lowest BCUT2D eigenvalue weighted by atomic mass is 9.69. The largest absolute Gasteiger partial charge is 0.481 e. The van der Waals surface area contributed by atoms with E-state index in [4.69, 9.17) is 10.2 Å². The smallest absolute Gasteiger partial charge is 0.303 e. The minimum atomic E-state index is -0.824. The van der Waals surface area contributed by atoms with Gasteiger partial charge in [-0.05, 0) is 18.3 Å². The number of hydrogen-bond donors (Lipinski definition) is 3. The lowest BCUT2D eigenvalue weighted by Gasteiger charge is -2.36. The summed E-state index contributed by atoms with van der Waals surface area (Å²) in [6.45, 7) is 4.17. The van der Waals surface area contributed by atoms with Gasteiger partial charge in [-0.2, -0.15) is 0 Å². The first kappa shape index (κ1) is 17.0. The average molecular weight is 285 g/mol. The number of aliphatic carboxylic acids is 1. The van der Waals surface area contributed by atoms with Gasteiger partial charge >= 0.3 is 5.97 Å². The highest BCUT2D eigenvalue weighted by Gasteiger charge is 2.36. The molecule has 1 aliphatic carbocycles. The predicted molar refractivity (Wildman–Crippen MR) is 76.3 cm³/mol. The van der Waals surface area contributed by atoms with Crippen molar-refractivity contribution in [1.29, 1.82) is 0 Å². The Morgan fingerprint density at radius 1 is 1.15 bits per heavy atom. The SMILES string of the molecule is CC(C)(CO)CNC(=O)CC1(CC(=O)O)CCCCC1. The van der Waals surface area contributed by atoms with Crippen molar-refractivity contribution in [2.45, 2.75) is 58.8 Å². The van der Waals surface area contributed by atoms with E-state index in [0.29, 0.717) is 6.54 Å². The van der Waals surface area contributed by atoms with Gasteiger partial charge in [0.1, 0.15) is 0 Å². The summed E-state index contributed by atoms with van der Waals surface area (Å²) >= 11 is 0. The first-order valence-corrected chi connectivity index (χ1v) is 7.38. The molecule has 1 amide bonds. The van der Waals surface area contributed by atoms with Gasteiger partial charge in [0.25, 0.3) is 0 Å². The standard InChI is InChI=1S/C15H27NO4/c1-14(2,11-17)10-16-12(18)8-15(9-13(19)20)6-4-3-5-7-15/h17H,3-11H2,1-2H3,(H,16,18)(H,19,20). The molecule has 0 spiro atoms. The summed E-state index contributed by atoms with van der Waals surface area (Å²) in [5.41, 5.74) is -0.723. The van der Waals surface area contributed by atoms with E-state index in [9.17, 15) is 9.59 Å². The van der Waals surface area contributed by atoms with Gasteiger partial charge in [0, 0.05) is 25.0 Å². The number of carbonyl (C=O) groups is 2. The van der Waals surface area contributed by atoms with Crippen LogP contribution in [0.1, 0.15) is 58.8 Å². The Balaban J connectivity index is 2.56. The third-order valence-electron chi connectivity index (χ3n) is 4.17. The highest BCUT2D eigenvalue weighted by molar-refractivity contribution is 5.78. The van der Waals surface area contributed by atoms with E-state index in [1.54, 1.807) is 0 Å². The zero-order valence-electron chi connectivity index (χ0n) is 12.6. The maximum atomic E-state index is 12.1. The summed E-state index contributed by atoms with van der Waals surface area (Å²) < 4.78 is 0. The minimum absolute atomic E-state index is 0.00749. The Morgan fingerprint density at radius 2 is 1.75 bits per heavy atom. The van der Waals surface area contributed by atoms with Crippen LogP contribution in [0.4, 0.5) is 0 Å². The predicted octanol–water partition coefficient (Wildman–Crippen LogP) is 1.94. The Labute approximate surface area is 120 Å². The van der Waals surface area contributed by atoms with Gasteiger partial charge in [-0.15, -0.1) is 0 Å². The number of carboxylic acid groups (broad SMARTS) is 1. The molecule has 1 aliphatic rings. The van der Waals surface area contributed by atoms with Gasteiger partial charge in [-0.25, -0.2) is 0 Å². The molecule has 0 radical (unpaired) electrons. The number of aliphatic hydroxyl groups is 1. The lowest BCUT2D eigenvalue weighted by Crippen LogP contribution is -2.40. The second-order valence-electron chi connectivity index (χ2n) is 6.91. The van der Waals surface area contributed by atoms with Crippen molar-refractivity contribution < 1.29 is 19.8 Å². The number of carbonyl (C=O) groups excluding carboxylic acids is 1. The van der Waals surface area contributed by atoms with E-state index < -0.39 is 5.97 Å². The van der Waals surface area contributed by atoms with Crippen LogP contribution in [0, 0.1) is 10.8 Å². The summed E-state index contributed by atoms with van der Waals surface area (Å²) in [5.74, 6) is -0.926. The summed E-state index contributed by atoms with van der Waals surface area (Å²) in [6, 6.07) is 0. The highest BCUT2D eigenvalue weighted by Crippen LogP contribution is 2.42. The van der Waals surface area contributed by atoms with E-state index in [2.05, 4.69) is 5.32 Å². The fraction of sp³-hybridized carbons (Fsp3) is 0.867. The van der Waals surface area contributed by atoms with Crippen LogP contribution in [-0.4, -0.2) is 35.2 Å². The van der Waals surface area contributed by atoms with Gasteiger partial charge < -0.3 is 15.5 Å². The lowest BCUT2D eigenvalue weighted by molar-refractivity contribution is -0.141. The van der Waals surface area contributed by atoms with Gasteiger partial charge in [-0.3, -0.25) is 9.59 Å². The number of carboxylic acids is 1. The monoisotopic (exact) mass is 285 g/mol. The molecule has 1 fully saturated rings. The summed E-state index contributed by atoms with van der Waals surface area (Å²) in [6.07, 6.45) is 5.11. The molecule has 0 aliphatic heterocycles. The van der Waals surface area contributed by atoms with Crippen molar-refractivity contribution in [1.82, 2.24) is 5.32 Å². The maximum absolute atomic E-state index is 12.1. The molecule has 5 nitrogen and oxygen atoms in total. The Kier molecular flexibility index (Phi) is 5.99. The molecule has 0 atom stereocenters. The Morgan fingerprint density at radius 3 is 2.25 bits per heavy atom. The number of hydrogen-bond acceptors (Lipinski definition) is 3. The van der Waals surface area contributed by atoms with E-state index in [1.807, 2.05) is 13.8 Å². The van der Waals surface area contributed by atoms with Gasteiger partial charge in [0.15, 0.2) is 0 Å². The number of amides is 1. The topological polar surface area (TPSA) is 86.6 Å². The van der Waals surface area contributed by atoms with Crippen LogP contribution in [0.3, 0.4) is 0 Å². The van der Waals surface area contributed by atoms with Gasteiger partial charge in [0.05, 0.1) is 6.42 Å². The quantitative estimate of drug-likeness (QED) is 0.667. The van der Waals surface area contributed by atoms with Crippen LogP contribution in [-0.2, 0) is 9.59 Å². The van der Waals surface area contributed by atoms with E-state index in [1.165, 1.54) is 0 Å². The first-order chi connectivity index (χ1) is 9.29. The second kappa shape index (κ2) is 7.07. The first-order valence-electron chi connectivity index (χ1n) is 7.38. The summed E-state index contributed by atoms with van der Waals surface area (Å²) in [5, 5.41) is 21.1. The molecule has 0 aromatic heterocycles. The third kappa shape index (κ3) is 5.49. The molecule has 1 rings (SSSR count). The number of rotatable bonds is 7. The highest BCUT2D eigenvalue weighted by atomic mass is 16.4. The Bertz CT molecular complexity index is 346. The van der Waals surface area contributed by atoms with Gasteiger partial charge in [0.2, 0.25) is 5.91 Å². The Hall–Kier alpha value is -1.10. The van der Waals surface area contributed by atoms with Crippen LogP contribution in [0.25, 0.3) is 0 Å². The molecule has 5 heteroatoms. The minimum Gasteiger partial charge on any atom is -0.481 e. The van der Waals surface area contributed by atoms with Crippen molar-refractivity contribution in [2.24, 2.45) is 10.8 Å². The molecule has 0 aromatic rings. The van der Waals surface area contributed by atoms with Crippen LogP contribution >= 0.6 is 0 Å². The molecule has 0 unspecified atom stereocenters. The molecule has 3 N–H and O–H groups in total.